The number of unbranched alkanes of at least 4 members (excludes halogenated alkanes) is 2. The molecule has 1 nitrogen and oxygen atoms in total. The minimum absolute atomic E-state index is 0.473. The summed E-state index contributed by atoms with van der Waals surface area (Å²) in [5, 5.41) is 8.01. The molecular weight excluding hydrogens is 214 g/mol. The highest BCUT2D eigenvalue weighted by molar-refractivity contribution is 7.07. The Morgan fingerprint density at radius 3 is 2.88 bits per heavy atom. The van der Waals surface area contributed by atoms with Crippen LogP contribution < -0.4 is 5.32 Å². The van der Waals surface area contributed by atoms with E-state index in [2.05, 4.69) is 42.6 Å². The molecule has 0 bridgehead atoms. The van der Waals surface area contributed by atoms with Crippen LogP contribution in [0.2, 0.25) is 0 Å². The Morgan fingerprint density at radius 1 is 1.44 bits per heavy atom. The van der Waals surface area contributed by atoms with Crippen LogP contribution in [0.3, 0.4) is 0 Å². The quantitative estimate of drug-likeness (QED) is 0.517. The van der Waals surface area contributed by atoms with Crippen molar-refractivity contribution in [2.24, 2.45) is 0 Å². The van der Waals surface area contributed by atoms with E-state index >= 15 is 0 Å². The molecule has 0 fully saturated rings. The van der Waals surface area contributed by atoms with Crippen LogP contribution in [-0.2, 0) is 0 Å². The Hall–Kier alpha value is -0.600. The molecule has 0 saturated heterocycles. The Morgan fingerprint density at radius 2 is 2.25 bits per heavy atom. The molecule has 2 atom stereocenters. The van der Waals surface area contributed by atoms with Gasteiger partial charge in [-0.3, -0.25) is 0 Å². The maximum absolute atomic E-state index is 3.75. The molecule has 0 aromatic carbocycles. The number of allylic oxidation sites excluding steroid dienone is 1. The van der Waals surface area contributed by atoms with E-state index in [-0.39, 0.29) is 0 Å². The van der Waals surface area contributed by atoms with Gasteiger partial charge < -0.3 is 5.32 Å². The predicted molar refractivity (Wildman–Crippen MR) is 74.0 cm³/mol. The lowest BCUT2D eigenvalue weighted by Gasteiger charge is -2.19. The lowest BCUT2D eigenvalue weighted by Crippen LogP contribution is -2.28. The maximum Gasteiger partial charge on any atom is 0.0302 e. The highest BCUT2D eigenvalue weighted by Crippen LogP contribution is 2.17. The van der Waals surface area contributed by atoms with Gasteiger partial charge in [0, 0.05) is 12.1 Å². The van der Waals surface area contributed by atoms with E-state index in [0.717, 1.165) is 6.42 Å². The van der Waals surface area contributed by atoms with Crippen molar-refractivity contribution in [1.82, 2.24) is 5.32 Å². The summed E-state index contributed by atoms with van der Waals surface area (Å²) in [7, 11) is 0. The summed E-state index contributed by atoms with van der Waals surface area (Å²) >= 11 is 1.77. The zero-order valence-electron chi connectivity index (χ0n) is 10.4. The van der Waals surface area contributed by atoms with Crippen LogP contribution in [-0.4, -0.2) is 6.04 Å². The number of hydrogen-bond donors (Lipinski definition) is 1. The molecule has 0 aliphatic heterocycles. The van der Waals surface area contributed by atoms with Crippen LogP contribution in [0.5, 0.6) is 0 Å². The number of thiophene rings is 1. The van der Waals surface area contributed by atoms with Gasteiger partial charge in [0.1, 0.15) is 0 Å². The molecule has 16 heavy (non-hydrogen) atoms. The van der Waals surface area contributed by atoms with Gasteiger partial charge in [-0.05, 0) is 55.5 Å². The van der Waals surface area contributed by atoms with E-state index < -0.39 is 0 Å². The maximum atomic E-state index is 3.75. The second-order valence-corrected chi connectivity index (χ2v) is 5.20. The van der Waals surface area contributed by atoms with Gasteiger partial charge in [0.25, 0.3) is 0 Å². The SMILES string of the molecule is C=CCCCCC(C)NC(C)c1ccsc1. The lowest BCUT2D eigenvalue weighted by molar-refractivity contribution is 0.442. The van der Waals surface area contributed by atoms with Crippen molar-refractivity contribution in [2.45, 2.75) is 51.6 Å². The Labute approximate surface area is 104 Å². The van der Waals surface area contributed by atoms with Gasteiger partial charge in [-0.25, -0.2) is 0 Å². The van der Waals surface area contributed by atoms with Crippen molar-refractivity contribution in [3.8, 4) is 0 Å². The molecule has 1 heterocycles. The average Bonchev–Trinajstić information content (AvgIpc) is 2.77. The topological polar surface area (TPSA) is 12.0 Å². The highest BCUT2D eigenvalue weighted by atomic mass is 32.1. The van der Waals surface area contributed by atoms with Gasteiger partial charge in [-0.1, -0.05) is 12.5 Å². The largest absolute Gasteiger partial charge is 0.308 e. The summed E-state index contributed by atoms with van der Waals surface area (Å²) in [6.07, 6.45) is 6.96. The van der Waals surface area contributed by atoms with Crippen LogP contribution in [0.15, 0.2) is 29.5 Å². The molecule has 1 N–H and O–H groups in total. The van der Waals surface area contributed by atoms with Crippen molar-refractivity contribution in [3.05, 3.63) is 35.0 Å². The average molecular weight is 237 g/mol. The molecule has 90 valence electrons. The van der Waals surface area contributed by atoms with Gasteiger partial charge in [0.05, 0.1) is 0 Å². The van der Waals surface area contributed by atoms with E-state index in [1.165, 1.54) is 24.8 Å². The summed E-state index contributed by atoms with van der Waals surface area (Å²) in [6, 6.07) is 3.27. The zero-order valence-corrected chi connectivity index (χ0v) is 11.2. The van der Waals surface area contributed by atoms with Gasteiger partial charge in [-0.2, -0.15) is 11.3 Å². The molecule has 2 unspecified atom stereocenters. The molecule has 1 rings (SSSR count). The summed E-state index contributed by atoms with van der Waals surface area (Å²) in [5.74, 6) is 0. The van der Waals surface area contributed by atoms with Crippen LogP contribution in [0, 0.1) is 0 Å². The molecule has 0 radical (unpaired) electrons. The van der Waals surface area contributed by atoms with E-state index in [4.69, 9.17) is 0 Å². The normalized spacial score (nSPS) is 14.6. The second kappa shape index (κ2) is 7.64. The van der Waals surface area contributed by atoms with Gasteiger partial charge in [0.15, 0.2) is 0 Å². The fraction of sp³-hybridized carbons (Fsp3) is 0.571. The van der Waals surface area contributed by atoms with Gasteiger partial charge in [-0.15, -0.1) is 6.58 Å². The van der Waals surface area contributed by atoms with Crippen LogP contribution in [0.1, 0.15) is 51.1 Å². The smallest absolute Gasteiger partial charge is 0.0302 e. The molecule has 0 spiro atoms. The monoisotopic (exact) mass is 237 g/mol. The molecular formula is C14H23NS. The summed E-state index contributed by atoms with van der Waals surface area (Å²) in [6.45, 7) is 8.26. The number of nitrogens with one attached hydrogen (secondary N) is 1. The van der Waals surface area contributed by atoms with Crippen LogP contribution in [0.4, 0.5) is 0 Å². The third-order valence-electron chi connectivity index (χ3n) is 2.87. The summed E-state index contributed by atoms with van der Waals surface area (Å²) < 4.78 is 0. The first-order valence-corrected chi connectivity index (χ1v) is 7.07. The van der Waals surface area contributed by atoms with Crippen molar-refractivity contribution in [1.29, 1.82) is 0 Å². The van der Waals surface area contributed by atoms with E-state index in [9.17, 15) is 0 Å². The summed E-state index contributed by atoms with van der Waals surface area (Å²) in [4.78, 5) is 0. The third-order valence-corrected chi connectivity index (χ3v) is 3.57. The van der Waals surface area contributed by atoms with E-state index in [0.29, 0.717) is 12.1 Å². The number of hydrogen-bond acceptors (Lipinski definition) is 2. The fourth-order valence-electron chi connectivity index (χ4n) is 1.87. The van der Waals surface area contributed by atoms with Crippen LogP contribution in [0.25, 0.3) is 0 Å². The Balaban J connectivity index is 2.18. The molecule has 0 amide bonds. The van der Waals surface area contributed by atoms with Crippen LogP contribution >= 0.6 is 11.3 Å². The van der Waals surface area contributed by atoms with Gasteiger partial charge >= 0.3 is 0 Å². The third kappa shape index (κ3) is 4.95. The predicted octanol–water partition coefficient (Wildman–Crippen LogP) is 4.53. The first kappa shape index (κ1) is 13.5. The Bertz CT molecular complexity index is 279. The fourth-order valence-corrected chi connectivity index (χ4v) is 2.62. The molecule has 0 aliphatic carbocycles. The van der Waals surface area contributed by atoms with Crippen molar-refractivity contribution < 1.29 is 0 Å². The summed E-state index contributed by atoms with van der Waals surface area (Å²) in [5.41, 5.74) is 1.41. The molecule has 1 aromatic rings. The second-order valence-electron chi connectivity index (χ2n) is 4.42. The minimum Gasteiger partial charge on any atom is -0.308 e. The zero-order chi connectivity index (χ0) is 11.8. The Kier molecular flexibility index (Phi) is 6.43. The molecule has 0 aliphatic rings. The van der Waals surface area contributed by atoms with Crippen molar-refractivity contribution in [2.75, 3.05) is 0 Å². The molecule has 0 saturated carbocycles. The lowest BCUT2D eigenvalue weighted by atomic mass is 10.1. The van der Waals surface area contributed by atoms with Crippen molar-refractivity contribution in [3.63, 3.8) is 0 Å². The van der Waals surface area contributed by atoms with Gasteiger partial charge in [0.2, 0.25) is 0 Å². The number of rotatable bonds is 8. The van der Waals surface area contributed by atoms with E-state index in [1.54, 1.807) is 11.3 Å². The van der Waals surface area contributed by atoms with Crippen molar-refractivity contribution >= 4 is 11.3 Å². The highest BCUT2D eigenvalue weighted by Gasteiger charge is 2.08. The first-order chi connectivity index (χ1) is 7.74. The molecule has 1 aromatic heterocycles. The first-order valence-electron chi connectivity index (χ1n) is 6.13. The van der Waals surface area contributed by atoms with E-state index in [1.807, 2.05) is 6.08 Å². The minimum atomic E-state index is 0.473. The standard InChI is InChI=1S/C14H23NS/c1-4-5-6-7-8-12(2)15-13(3)14-9-10-16-11-14/h4,9-13,15H,1,5-8H2,2-3H3. The molecule has 2 heteroatoms.